The van der Waals surface area contributed by atoms with Crippen molar-refractivity contribution < 1.29 is 0 Å². The SMILES string of the molecule is CCCn1nccc1CNC1CCN2CCCCC12. The van der Waals surface area contributed by atoms with E-state index in [1.807, 2.05) is 6.20 Å². The lowest BCUT2D eigenvalue weighted by Gasteiger charge is -2.32. The molecule has 1 aromatic rings. The largest absolute Gasteiger partial charge is 0.307 e. The summed E-state index contributed by atoms with van der Waals surface area (Å²) in [6, 6.07) is 3.62. The summed E-state index contributed by atoms with van der Waals surface area (Å²) in [5, 5.41) is 8.18. The van der Waals surface area contributed by atoms with E-state index in [0.29, 0.717) is 6.04 Å². The van der Waals surface area contributed by atoms with Crippen molar-refractivity contribution in [3.8, 4) is 0 Å². The van der Waals surface area contributed by atoms with E-state index in [1.54, 1.807) is 0 Å². The smallest absolute Gasteiger partial charge is 0.0522 e. The fourth-order valence-electron chi connectivity index (χ4n) is 3.64. The van der Waals surface area contributed by atoms with Gasteiger partial charge in [-0.3, -0.25) is 9.58 Å². The van der Waals surface area contributed by atoms with Gasteiger partial charge in [-0.2, -0.15) is 5.10 Å². The zero-order valence-electron chi connectivity index (χ0n) is 12.0. The number of fused-ring (bicyclic) bond motifs is 1. The van der Waals surface area contributed by atoms with Gasteiger partial charge >= 0.3 is 0 Å². The minimum atomic E-state index is 0.685. The van der Waals surface area contributed by atoms with Crippen LogP contribution in [-0.2, 0) is 13.1 Å². The normalized spacial score (nSPS) is 27.6. The number of nitrogens with one attached hydrogen (secondary N) is 1. The van der Waals surface area contributed by atoms with Crippen molar-refractivity contribution in [2.75, 3.05) is 13.1 Å². The molecule has 0 spiro atoms. The van der Waals surface area contributed by atoms with Crippen molar-refractivity contribution in [3.05, 3.63) is 18.0 Å². The predicted molar refractivity (Wildman–Crippen MR) is 77.0 cm³/mol. The van der Waals surface area contributed by atoms with Crippen LogP contribution in [0.5, 0.6) is 0 Å². The highest BCUT2D eigenvalue weighted by Crippen LogP contribution is 2.27. The molecular formula is C15H26N4. The quantitative estimate of drug-likeness (QED) is 0.881. The molecule has 0 bridgehead atoms. The maximum atomic E-state index is 4.40. The lowest BCUT2D eigenvalue weighted by Crippen LogP contribution is -2.44. The average Bonchev–Trinajstić information content (AvgIpc) is 3.04. The van der Waals surface area contributed by atoms with Gasteiger partial charge in [-0.05, 0) is 38.3 Å². The van der Waals surface area contributed by atoms with Crippen LogP contribution in [0.1, 0.15) is 44.7 Å². The van der Waals surface area contributed by atoms with Gasteiger partial charge in [0.2, 0.25) is 0 Å². The summed E-state index contributed by atoms with van der Waals surface area (Å²) in [5.41, 5.74) is 1.33. The highest BCUT2D eigenvalue weighted by atomic mass is 15.3. The third-order valence-corrected chi connectivity index (χ3v) is 4.64. The summed E-state index contributed by atoms with van der Waals surface area (Å²) in [6.45, 7) is 6.81. The number of aryl methyl sites for hydroxylation is 1. The average molecular weight is 262 g/mol. The van der Waals surface area contributed by atoms with Crippen LogP contribution in [0.4, 0.5) is 0 Å². The van der Waals surface area contributed by atoms with Gasteiger partial charge in [0.05, 0.1) is 5.69 Å². The molecule has 2 aliphatic heterocycles. The molecule has 3 heterocycles. The zero-order valence-corrected chi connectivity index (χ0v) is 12.0. The van der Waals surface area contributed by atoms with Crippen LogP contribution in [0.2, 0.25) is 0 Å². The van der Waals surface area contributed by atoms with Crippen molar-refractivity contribution >= 4 is 0 Å². The molecule has 2 unspecified atom stereocenters. The number of rotatable bonds is 5. The number of hydrogen-bond acceptors (Lipinski definition) is 3. The lowest BCUT2D eigenvalue weighted by atomic mass is 9.99. The van der Waals surface area contributed by atoms with E-state index in [9.17, 15) is 0 Å². The van der Waals surface area contributed by atoms with Crippen molar-refractivity contribution in [3.63, 3.8) is 0 Å². The molecule has 0 aromatic carbocycles. The van der Waals surface area contributed by atoms with E-state index in [-0.39, 0.29) is 0 Å². The Morgan fingerprint density at radius 2 is 2.26 bits per heavy atom. The molecule has 3 rings (SSSR count). The minimum absolute atomic E-state index is 0.685. The first-order chi connectivity index (χ1) is 9.38. The van der Waals surface area contributed by atoms with Crippen LogP contribution in [0.15, 0.2) is 12.3 Å². The molecule has 2 aliphatic rings. The van der Waals surface area contributed by atoms with E-state index in [2.05, 4.69) is 33.0 Å². The molecule has 2 atom stereocenters. The lowest BCUT2D eigenvalue weighted by molar-refractivity contribution is 0.180. The maximum absolute atomic E-state index is 4.40. The standard InChI is InChI=1S/C15H26N4/c1-2-9-19-13(6-8-17-19)12-16-14-7-11-18-10-4-3-5-15(14)18/h6,8,14-16H,2-5,7,9-12H2,1H3. The Bertz CT molecular complexity index is 401. The number of nitrogens with zero attached hydrogens (tertiary/aromatic N) is 3. The predicted octanol–water partition coefficient (Wildman–Crippen LogP) is 2.01. The summed E-state index contributed by atoms with van der Waals surface area (Å²) < 4.78 is 2.14. The second-order valence-corrected chi connectivity index (χ2v) is 5.92. The first-order valence-electron chi connectivity index (χ1n) is 7.86. The zero-order chi connectivity index (χ0) is 13.1. The molecular weight excluding hydrogens is 236 g/mol. The van der Waals surface area contributed by atoms with Crippen LogP contribution in [0.25, 0.3) is 0 Å². The third kappa shape index (κ3) is 2.84. The molecule has 0 aliphatic carbocycles. The molecule has 2 fully saturated rings. The monoisotopic (exact) mass is 262 g/mol. The van der Waals surface area contributed by atoms with Crippen molar-refractivity contribution in [1.82, 2.24) is 20.0 Å². The molecule has 106 valence electrons. The van der Waals surface area contributed by atoms with Crippen LogP contribution >= 0.6 is 0 Å². The van der Waals surface area contributed by atoms with E-state index in [4.69, 9.17) is 0 Å². The molecule has 1 aromatic heterocycles. The molecule has 2 saturated heterocycles. The fourth-order valence-corrected chi connectivity index (χ4v) is 3.64. The van der Waals surface area contributed by atoms with Gasteiger partial charge in [-0.15, -0.1) is 0 Å². The van der Waals surface area contributed by atoms with Crippen molar-refractivity contribution in [1.29, 1.82) is 0 Å². The van der Waals surface area contributed by atoms with E-state index in [1.165, 1.54) is 44.5 Å². The molecule has 0 amide bonds. The Balaban J connectivity index is 1.55. The van der Waals surface area contributed by atoms with Gasteiger partial charge < -0.3 is 5.32 Å². The van der Waals surface area contributed by atoms with E-state index < -0.39 is 0 Å². The molecule has 4 heteroatoms. The van der Waals surface area contributed by atoms with Gasteiger partial charge in [-0.25, -0.2) is 0 Å². The Labute approximate surface area is 116 Å². The van der Waals surface area contributed by atoms with Crippen LogP contribution in [0, 0.1) is 0 Å². The van der Waals surface area contributed by atoms with Gasteiger partial charge in [-0.1, -0.05) is 13.3 Å². The Kier molecular flexibility index (Phi) is 4.18. The molecule has 1 N–H and O–H groups in total. The molecule has 0 radical (unpaired) electrons. The van der Waals surface area contributed by atoms with Gasteiger partial charge in [0.1, 0.15) is 0 Å². The summed E-state index contributed by atoms with van der Waals surface area (Å²) in [7, 11) is 0. The second-order valence-electron chi connectivity index (χ2n) is 5.92. The van der Waals surface area contributed by atoms with Crippen LogP contribution in [0.3, 0.4) is 0 Å². The third-order valence-electron chi connectivity index (χ3n) is 4.64. The number of aromatic nitrogens is 2. The summed E-state index contributed by atoms with van der Waals surface area (Å²) in [6.07, 6.45) is 8.57. The first kappa shape index (κ1) is 13.1. The maximum Gasteiger partial charge on any atom is 0.0522 e. The second kappa shape index (κ2) is 6.06. The highest BCUT2D eigenvalue weighted by Gasteiger charge is 2.34. The van der Waals surface area contributed by atoms with Gasteiger partial charge in [0.25, 0.3) is 0 Å². The summed E-state index contributed by atoms with van der Waals surface area (Å²) in [5.74, 6) is 0. The number of piperidine rings is 1. The highest BCUT2D eigenvalue weighted by molar-refractivity contribution is 5.02. The molecule has 0 saturated carbocycles. The summed E-state index contributed by atoms with van der Waals surface area (Å²) in [4.78, 5) is 2.69. The van der Waals surface area contributed by atoms with Crippen molar-refractivity contribution in [2.24, 2.45) is 0 Å². The fraction of sp³-hybridized carbons (Fsp3) is 0.800. The van der Waals surface area contributed by atoms with E-state index >= 15 is 0 Å². The summed E-state index contributed by atoms with van der Waals surface area (Å²) >= 11 is 0. The topological polar surface area (TPSA) is 33.1 Å². The Hall–Kier alpha value is -0.870. The van der Waals surface area contributed by atoms with E-state index in [0.717, 1.165) is 25.6 Å². The van der Waals surface area contributed by atoms with Crippen LogP contribution in [-0.4, -0.2) is 39.9 Å². The Morgan fingerprint density at radius 1 is 1.32 bits per heavy atom. The molecule has 19 heavy (non-hydrogen) atoms. The van der Waals surface area contributed by atoms with Gasteiger partial charge in [0, 0.05) is 37.9 Å². The molecule has 4 nitrogen and oxygen atoms in total. The van der Waals surface area contributed by atoms with Crippen LogP contribution < -0.4 is 5.32 Å². The minimum Gasteiger partial charge on any atom is -0.307 e. The number of hydrogen-bond donors (Lipinski definition) is 1. The first-order valence-corrected chi connectivity index (χ1v) is 7.86. The Morgan fingerprint density at radius 3 is 3.16 bits per heavy atom. The van der Waals surface area contributed by atoms with Crippen molar-refractivity contribution in [2.45, 2.75) is 64.2 Å². The van der Waals surface area contributed by atoms with Gasteiger partial charge in [0.15, 0.2) is 0 Å².